The fourth-order valence-corrected chi connectivity index (χ4v) is 9.08. The Morgan fingerprint density at radius 2 is 0.846 bits per heavy atom. The van der Waals surface area contributed by atoms with Crippen LogP contribution in [0, 0.1) is 11.3 Å². The lowest BCUT2D eigenvalue weighted by molar-refractivity contribution is 0.722. The van der Waals surface area contributed by atoms with E-state index in [9.17, 15) is 5.26 Å². The van der Waals surface area contributed by atoms with Gasteiger partial charge in [-0.3, -0.25) is 0 Å². The maximum absolute atomic E-state index is 9.46. The van der Waals surface area contributed by atoms with E-state index >= 15 is 0 Å². The Morgan fingerprint density at radius 3 is 1.38 bits per heavy atom. The molecule has 0 atom stereocenters. The van der Waals surface area contributed by atoms with E-state index in [-0.39, 0.29) is 0 Å². The van der Waals surface area contributed by atoms with Gasteiger partial charge >= 0.3 is 0 Å². The van der Waals surface area contributed by atoms with Gasteiger partial charge in [0.1, 0.15) is 0 Å². The SMILES string of the molecule is N#Cc1ccc(-c2ccc3c(c2)C2(c4ccccc4Sc4ccccc42)c2cc(-c4nc(-c5ccccc5)nc(-c5ccccc5)n4)ccc2-3)cc1. The molecule has 10 rings (SSSR count). The average molecular weight is 681 g/mol. The highest BCUT2D eigenvalue weighted by atomic mass is 32.2. The summed E-state index contributed by atoms with van der Waals surface area (Å²) in [7, 11) is 0. The van der Waals surface area contributed by atoms with Crippen molar-refractivity contribution in [3.05, 3.63) is 198 Å². The molecule has 1 aromatic heterocycles. The number of rotatable bonds is 4. The Morgan fingerprint density at radius 1 is 0.404 bits per heavy atom. The first-order chi connectivity index (χ1) is 25.7. The van der Waals surface area contributed by atoms with Gasteiger partial charge in [0, 0.05) is 26.5 Å². The zero-order valence-corrected chi connectivity index (χ0v) is 28.7. The molecule has 5 heteroatoms. The number of aromatic nitrogens is 3. The van der Waals surface area contributed by atoms with Gasteiger partial charge in [0.05, 0.1) is 17.0 Å². The lowest BCUT2D eigenvalue weighted by Crippen LogP contribution is -2.32. The average Bonchev–Trinajstić information content (AvgIpc) is 3.50. The molecule has 0 radical (unpaired) electrons. The van der Waals surface area contributed by atoms with Gasteiger partial charge in [-0.05, 0) is 80.9 Å². The van der Waals surface area contributed by atoms with Crippen LogP contribution in [0.2, 0.25) is 0 Å². The molecule has 0 bridgehead atoms. The van der Waals surface area contributed by atoms with Crippen molar-refractivity contribution in [3.8, 4) is 62.5 Å². The predicted octanol–water partition coefficient (Wildman–Crippen LogP) is 11.2. The van der Waals surface area contributed by atoms with E-state index in [1.807, 2.05) is 96.7 Å². The molecule has 0 N–H and O–H groups in total. The minimum atomic E-state index is -0.584. The summed E-state index contributed by atoms with van der Waals surface area (Å²) in [6.07, 6.45) is 0. The molecular weight excluding hydrogens is 653 g/mol. The summed E-state index contributed by atoms with van der Waals surface area (Å²) in [5.74, 6) is 1.91. The zero-order valence-electron chi connectivity index (χ0n) is 27.9. The van der Waals surface area contributed by atoms with E-state index in [1.165, 1.54) is 43.2 Å². The second-order valence-electron chi connectivity index (χ2n) is 13.1. The molecule has 7 aromatic carbocycles. The van der Waals surface area contributed by atoms with Crippen molar-refractivity contribution >= 4 is 11.8 Å². The van der Waals surface area contributed by atoms with Crippen LogP contribution in [0.15, 0.2) is 180 Å². The minimum absolute atomic E-state index is 0.584. The van der Waals surface area contributed by atoms with Crippen molar-refractivity contribution in [2.45, 2.75) is 15.2 Å². The van der Waals surface area contributed by atoms with Crippen LogP contribution < -0.4 is 0 Å². The van der Waals surface area contributed by atoms with Gasteiger partial charge in [-0.1, -0.05) is 145 Å². The van der Waals surface area contributed by atoms with Crippen molar-refractivity contribution in [1.29, 1.82) is 5.26 Å². The first kappa shape index (κ1) is 30.2. The third-order valence-corrected chi connectivity index (χ3v) is 11.4. The summed E-state index contributed by atoms with van der Waals surface area (Å²) in [4.78, 5) is 17.7. The molecule has 0 fully saturated rings. The lowest BCUT2D eigenvalue weighted by Gasteiger charge is -2.39. The van der Waals surface area contributed by atoms with E-state index < -0.39 is 5.41 Å². The molecule has 52 heavy (non-hydrogen) atoms. The van der Waals surface area contributed by atoms with Gasteiger partial charge in [0.2, 0.25) is 0 Å². The smallest absolute Gasteiger partial charge is 0.164 e. The number of hydrogen-bond donors (Lipinski definition) is 0. The topological polar surface area (TPSA) is 62.5 Å². The predicted molar refractivity (Wildman–Crippen MR) is 208 cm³/mol. The maximum atomic E-state index is 9.46. The molecule has 4 nitrogen and oxygen atoms in total. The number of hydrogen-bond acceptors (Lipinski definition) is 5. The molecule has 1 aliphatic carbocycles. The molecule has 1 aliphatic heterocycles. The number of fused-ring (bicyclic) bond motifs is 9. The summed E-state index contributed by atoms with van der Waals surface area (Å²) >= 11 is 1.83. The highest BCUT2D eigenvalue weighted by Gasteiger charge is 2.50. The normalized spacial score (nSPS) is 13.1. The highest BCUT2D eigenvalue weighted by molar-refractivity contribution is 7.99. The summed E-state index contributed by atoms with van der Waals surface area (Å²) in [6.45, 7) is 0. The third-order valence-electron chi connectivity index (χ3n) is 10.2. The molecular formula is C47H28N4S. The Bertz CT molecular complexity index is 2610. The third kappa shape index (κ3) is 4.66. The van der Waals surface area contributed by atoms with Crippen LogP contribution in [-0.2, 0) is 5.41 Å². The Kier molecular flexibility index (Phi) is 6.99. The van der Waals surface area contributed by atoms with E-state index in [2.05, 4.69) is 91.0 Å². The highest BCUT2D eigenvalue weighted by Crippen LogP contribution is 2.62. The van der Waals surface area contributed by atoms with Crippen LogP contribution in [-0.4, -0.2) is 15.0 Å². The Balaban J connectivity index is 1.25. The largest absolute Gasteiger partial charge is 0.208 e. The molecule has 2 heterocycles. The summed E-state index contributed by atoms with van der Waals surface area (Å²) in [5, 5.41) is 9.46. The fraction of sp³-hybridized carbons (Fsp3) is 0.0213. The molecule has 2 aliphatic rings. The van der Waals surface area contributed by atoms with Crippen molar-refractivity contribution in [1.82, 2.24) is 15.0 Å². The van der Waals surface area contributed by atoms with E-state index in [1.54, 1.807) is 0 Å². The van der Waals surface area contributed by atoms with Crippen molar-refractivity contribution in [2.24, 2.45) is 0 Å². The van der Waals surface area contributed by atoms with Crippen LogP contribution in [0.25, 0.3) is 56.4 Å². The molecule has 242 valence electrons. The van der Waals surface area contributed by atoms with E-state index in [0.29, 0.717) is 23.0 Å². The molecule has 0 amide bonds. The molecule has 0 unspecified atom stereocenters. The van der Waals surface area contributed by atoms with Gasteiger partial charge in [-0.15, -0.1) is 0 Å². The second-order valence-corrected chi connectivity index (χ2v) is 14.2. The number of benzene rings is 7. The van der Waals surface area contributed by atoms with E-state index in [0.717, 1.165) is 27.8 Å². The number of nitrogens with zero attached hydrogens (tertiary/aromatic N) is 4. The first-order valence-electron chi connectivity index (χ1n) is 17.2. The molecule has 1 spiro atoms. The van der Waals surface area contributed by atoms with Crippen molar-refractivity contribution in [2.75, 3.05) is 0 Å². The van der Waals surface area contributed by atoms with Gasteiger partial charge in [0.15, 0.2) is 17.5 Å². The zero-order chi connectivity index (χ0) is 34.6. The maximum Gasteiger partial charge on any atom is 0.164 e. The van der Waals surface area contributed by atoms with Gasteiger partial charge < -0.3 is 0 Å². The van der Waals surface area contributed by atoms with Crippen molar-refractivity contribution in [3.63, 3.8) is 0 Å². The molecule has 0 saturated heterocycles. The minimum Gasteiger partial charge on any atom is -0.208 e. The van der Waals surface area contributed by atoms with Gasteiger partial charge in [-0.25, -0.2) is 15.0 Å². The van der Waals surface area contributed by atoms with Crippen LogP contribution in [0.4, 0.5) is 0 Å². The second kappa shape index (κ2) is 12.0. The molecule has 0 saturated carbocycles. The summed E-state index contributed by atoms with van der Waals surface area (Å²) < 4.78 is 0. The Labute approximate surface area is 306 Å². The molecule has 8 aromatic rings. The van der Waals surface area contributed by atoms with Crippen molar-refractivity contribution < 1.29 is 0 Å². The number of nitriles is 1. The summed E-state index contributed by atoms with van der Waals surface area (Å²) in [5.41, 5.74) is 12.5. The van der Waals surface area contributed by atoms with Crippen LogP contribution >= 0.6 is 11.8 Å². The fourth-order valence-electron chi connectivity index (χ4n) is 7.89. The van der Waals surface area contributed by atoms with Gasteiger partial charge in [0.25, 0.3) is 0 Å². The Hall–Kier alpha value is -6.61. The lowest BCUT2D eigenvalue weighted by atomic mass is 9.67. The van der Waals surface area contributed by atoms with Crippen LogP contribution in [0.1, 0.15) is 27.8 Å². The van der Waals surface area contributed by atoms with Gasteiger partial charge in [-0.2, -0.15) is 5.26 Å². The van der Waals surface area contributed by atoms with E-state index in [4.69, 9.17) is 15.0 Å². The monoisotopic (exact) mass is 680 g/mol. The van der Waals surface area contributed by atoms with Crippen LogP contribution in [0.5, 0.6) is 0 Å². The van der Waals surface area contributed by atoms with Crippen LogP contribution in [0.3, 0.4) is 0 Å². The summed E-state index contributed by atoms with van der Waals surface area (Å²) in [6, 6.07) is 61.6. The first-order valence-corrected chi connectivity index (χ1v) is 18.1. The quantitative estimate of drug-likeness (QED) is 0.185. The standard InChI is InChI=1S/C47H28N4S/c48-29-30-19-21-31(22-20-30)34-23-25-36-37-26-24-35(46-50-44(32-11-3-1-4-12-32)49-45(51-46)33-13-5-2-6-14-33)28-41(37)47(40(36)27-34)38-15-7-9-17-42(38)52-43-18-10-8-16-39(43)47/h1-28H.